The molecule has 1 atom stereocenters. The number of nitrogens with one attached hydrogen (secondary N) is 1. The lowest BCUT2D eigenvalue weighted by atomic mass is 10.00. The molecule has 0 saturated heterocycles. The third-order valence-electron chi connectivity index (χ3n) is 6.43. The lowest BCUT2D eigenvalue weighted by molar-refractivity contribution is -0.122. The zero-order valence-corrected chi connectivity index (χ0v) is 20.0. The minimum Gasteiger partial charge on any atom is -0.491 e. The van der Waals surface area contributed by atoms with Gasteiger partial charge in [0.25, 0.3) is 0 Å². The van der Waals surface area contributed by atoms with Crippen LogP contribution in [-0.4, -0.2) is 35.1 Å². The monoisotopic (exact) mass is 459 g/mol. The van der Waals surface area contributed by atoms with Crippen molar-refractivity contribution in [1.29, 1.82) is 0 Å². The molecule has 1 unspecified atom stereocenters. The van der Waals surface area contributed by atoms with E-state index in [9.17, 15) is 9.59 Å². The molecular formula is C28H33N3O3. The van der Waals surface area contributed by atoms with Crippen LogP contribution >= 0.6 is 0 Å². The van der Waals surface area contributed by atoms with E-state index in [2.05, 4.69) is 46.6 Å². The van der Waals surface area contributed by atoms with Crippen LogP contribution in [0.1, 0.15) is 35.7 Å². The minimum absolute atomic E-state index is 0.0519. The van der Waals surface area contributed by atoms with Crippen LogP contribution in [0, 0.1) is 0 Å². The minimum atomic E-state index is -0.164. The van der Waals surface area contributed by atoms with E-state index in [4.69, 9.17) is 4.74 Å². The molecule has 1 aromatic heterocycles. The van der Waals surface area contributed by atoms with E-state index in [1.54, 1.807) is 12.3 Å². The summed E-state index contributed by atoms with van der Waals surface area (Å²) < 4.78 is 7.10. The van der Waals surface area contributed by atoms with E-state index in [0.29, 0.717) is 6.54 Å². The largest absolute Gasteiger partial charge is 0.491 e. The molecule has 4 rings (SSSR count). The molecule has 0 aliphatic carbocycles. The molecule has 1 N–H and O–H groups in total. The number of ether oxygens (including phenoxy) is 1. The number of carbonyl (C=O) groups is 1. The van der Waals surface area contributed by atoms with Crippen molar-refractivity contribution in [3.05, 3.63) is 99.5 Å². The van der Waals surface area contributed by atoms with Crippen LogP contribution in [0.15, 0.2) is 71.7 Å². The Hall–Kier alpha value is -3.38. The molecule has 1 aliphatic heterocycles. The summed E-state index contributed by atoms with van der Waals surface area (Å²) in [5.74, 6) is 0.175. The van der Waals surface area contributed by atoms with E-state index in [1.807, 2.05) is 29.7 Å². The van der Waals surface area contributed by atoms with Crippen LogP contribution in [0.5, 0.6) is 5.75 Å². The maximum absolute atomic E-state index is 12.9. The van der Waals surface area contributed by atoms with E-state index >= 15 is 0 Å². The Labute approximate surface area is 201 Å². The van der Waals surface area contributed by atoms with Crippen molar-refractivity contribution >= 4 is 5.91 Å². The molecule has 178 valence electrons. The van der Waals surface area contributed by atoms with Crippen LogP contribution < -0.4 is 15.5 Å². The highest BCUT2D eigenvalue weighted by Gasteiger charge is 2.19. The van der Waals surface area contributed by atoms with Gasteiger partial charge in [-0.05, 0) is 42.9 Å². The van der Waals surface area contributed by atoms with Crippen LogP contribution in [0.4, 0.5) is 0 Å². The SMILES string of the molecule is COc1cn(CC(=O)NC(C)CCc2ccccc2)c(CN2CCc3ccccc3C2)cc1=O. The van der Waals surface area contributed by atoms with Crippen molar-refractivity contribution in [2.24, 2.45) is 0 Å². The summed E-state index contributed by atoms with van der Waals surface area (Å²) >= 11 is 0. The summed E-state index contributed by atoms with van der Waals surface area (Å²) in [6.07, 6.45) is 4.42. The van der Waals surface area contributed by atoms with Gasteiger partial charge >= 0.3 is 0 Å². The molecule has 0 saturated carbocycles. The third-order valence-corrected chi connectivity index (χ3v) is 6.43. The van der Waals surface area contributed by atoms with E-state index in [-0.39, 0.29) is 29.7 Å². The lowest BCUT2D eigenvalue weighted by Gasteiger charge is -2.29. The molecule has 0 spiro atoms. The third kappa shape index (κ3) is 6.14. The number of carbonyl (C=O) groups excluding carboxylic acids is 1. The first-order valence-corrected chi connectivity index (χ1v) is 11.9. The number of rotatable bonds is 9. The number of aromatic nitrogens is 1. The number of fused-ring (bicyclic) bond motifs is 1. The Morgan fingerprint density at radius 1 is 1.09 bits per heavy atom. The zero-order valence-electron chi connectivity index (χ0n) is 20.0. The molecule has 1 aliphatic rings. The average molecular weight is 460 g/mol. The Morgan fingerprint density at radius 2 is 1.82 bits per heavy atom. The van der Waals surface area contributed by atoms with E-state index in [1.165, 1.54) is 23.8 Å². The first kappa shape index (κ1) is 23.8. The first-order valence-electron chi connectivity index (χ1n) is 11.9. The van der Waals surface area contributed by atoms with Gasteiger partial charge in [0, 0.05) is 37.4 Å². The number of pyridine rings is 1. The van der Waals surface area contributed by atoms with Gasteiger partial charge < -0.3 is 14.6 Å². The smallest absolute Gasteiger partial charge is 0.240 e. The molecule has 34 heavy (non-hydrogen) atoms. The predicted octanol–water partition coefficient (Wildman–Crippen LogP) is 3.55. The van der Waals surface area contributed by atoms with Crippen LogP contribution in [-0.2, 0) is 37.3 Å². The predicted molar refractivity (Wildman–Crippen MR) is 134 cm³/mol. The van der Waals surface area contributed by atoms with Gasteiger partial charge in [-0.1, -0.05) is 54.6 Å². The van der Waals surface area contributed by atoms with Gasteiger partial charge in [-0.2, -0.15) is 0 Å². The fraction of sp³-hybridized carbons (Fsp3) is 0.357. The number of hydrogen-bond acceptors (Lipinski definition) is 4. The highest BCUT2D eigenvalue weighted by Crippen LogP contribution is 2.20. The lowest BCUT2D eigenvalue weighted by Crippen LogP contribution is -2.37. The Kier molecular flexibility index (Phi) is 7.80. The number of hydrogen-bond donors (Lipinski definition) is 1. The molecular weight excluding hydrogens is 426 g/mol. The van der Waals surface area contributed by atoms with Gasteiger partial charge in [-0.3, -0.25) is 14.5 Å². The summed E-state index contributed by atoms with van der Waals surface area (Å²) in [5, 5.41) is 3.10. The second-order valence-electron chi connectivity index (χ2n) is 9.05. The zero-order chi connectivity index (χ0) is 23.9. The van der Waals surface area contributed by atoms with Crippen molar-refractivity contribution in [2.45, 2.75) is 51.9 Å². The topological polar surface area (TPSA) is 63.6 Å². The van der Waals surface area contributed by atoms with Crippen molar-refractivity contribution in [3.63, 3.8) is 0 Å². The maximum Gasteiger partial charge on any atom is 0.240 e. The summed E-state index contributed by atoms with van der Waals surface area (Å²) in [4.78, 5) is 27.7. The molecule has 0 bridgehead atoms. The fourth-order valence-electron chi connectivity index (χ4n) is 4.52. The van der Waals surface area contributed by atoms with Gasteiger partial charge in [-0.15, -0.1) is 0 Å². The molecule has 6 nitrogen and oxygen atoms in total. The summed E-state index contributed by atoms with van der Waals surface area (Å²) in [6.45, 7) is 4.52. The van der Waals surface area contributed by atoms with Gasteiger partial charge in [0.15, 0.2) is 5.75 Å². The molecule has 3 aromatic rings. The number of amides is 1. The highest BCUT2D eigenvalue weighted by molar-refractivity contribution is 5.76. The van der Waals surface area contributed by atoms with Gasteiger partial charge in [0.05, 0.1) is 13.3 Å². The molecule has 0 radical (unpaired) electrons. The number of methoxy groups -OCH3 is 1. The normalized spacial score (nSPS) is 14.3. The van der Waals surface area contributed by atoms with Gasteiger partial charge in [0.2, 0.25) is 11.3 Å². The van der Waals surface area contributed by atoms with E-state index < -0.39 is 0 Å². The number of aryl methyl sites for hydroxylation is 1. The standard InChI is InChI=1S/C28H33N3O3/c1-21(12-13-22-8-4-3-5-9-22)29-28(33)20-31-19-27(34-2)26(32)16-25(31)18-30-15-14-23-10-6-7-11-24(23)17-30/h3-11,16,19,21H,12-15,17-18,20H2,1-2H3,(H,29,33). The number of benzene rings is 2. The van der Waals surface area contributed by atoms with Gasteiger partial charge in [-0.25, -0.2) is 0 Å². The first-order chi connectivity index (χ1) is 16.5. The quantitative estimate of drug-likeness (QED) is 0.532. The maximum atomic E-state index is 12.9. The molecule has 2 heterocycles. The van der Waals surface area contributed by atoms with Crippen molar-refractivity contribution in [3.8, 4) is 5.75 Å². The average Bonchev–Trinajstić information content (AvgIpc) is 2.85. The Bertz CT molecular complexity index is 1170. The highest BCUT2D eigenvalue weighted by atomic mass is 16.5. The molecule has 6 heteroatoms. The van der Waals surface area contributed by atoms with Crippen molar-refractivity contribution < 1.29 is 9.53 Å². The molecule has 0 fully saturated rings. The second-order valence-corrected chi connectivity index (χ2v) is 9.05. The fourth-order valence-corrected chi connectivity index (χ4v) is 4.52. The number of nitrogens with zero attached hydrogens (tertiary/aromatic N) is 2. The Balaban J connectivity index is 1.42. The molecule has 2 aromatic carbocycles. The van der Waals surface area contributed by atoms with Crippen LogP contribution in [0.2, 0.25) is 0 Å². The second kappa shape index (κ2) is 11.2. The van der Waals surface area contributed by atoms with Crippen molar-refractivity contribution in [2.75, 3.05) is 13.7 Å². The summed E-state index contributed by atoms with van der Waals surface area (Å²) in [6, 6.07) is 20.4. The van der Waals surface area contributed by atoms with Crippen molar-refractivity contribution in [1.82, 2.24) is 14.8 Å². The van der Waals surface area contributed by atoms with Crippen LogP contribution in [0.3, 0.4) is 0 Å². The molecule has 1 amide bonds. The van der Waals surface area contributed by atoms with E-state index in [0.717, 1.165) is 38.0 Å². The summed E-state index contributed by atoms with van der Waals surface area (Å²) in [7, 11) is 1.48. The summed E-state index contributed by atoms with van der Waals surface area (Å²) in [5.41, 5.74) is 4.62. The van der Waals surface area contributed by atoms with Gasteiger partial charge in [0.1, 0.15) is 6.54 Å². The Morgan fingerprint density at radius 3 is 2.59 bits per heavy atom. The van der Waals surface area contributed by atoms with Crippen LogP contribution in [0.25, 0.3) is 0 Å².